The molecular weight excluding hydrogens is 194 g/mol. The van der Waals surface area contributed by atoms with Crippen LogP contribution in [0.4, 0.5) is 0 Å². The highest BCUT2D eigenvalue weighted by atomic mass is 32.1. The maximum Gasteiger partial charge on any atom is 0.0643 e. The molecule has 0 aliphatic carbocycles. The number of rotatable bonds is 6. The van der Waals surface area contributed by atoms with Crippen LogP contribution in [0.3, 0.4) is 0 Å². The van der Waals surface area contributed by atoms with Crippen molar-refractivity contribution >= 4 is 11.3 Å². The van der Waals surface area contributed by atoms with Crippen molar-refractivity contribution < 1.29 is 4.74 Å². The minimum Gasteiger partial charge on any atom is -0.379 e. The van der Waals surface area contributed by atoms with E-state index in [0.717, 1.165) is 19.4 Å². The van der Waals surface area contributed by atoms with Gasteiger partial charge in [0, 0.05) is 16.8 Å². The third-order valence-corrected chi connectivity index (χ3v) is 3.25. The van der Waals surface area contributed by atoms with Gasteiger partial charge in [0.05, 0.1) is 13.2 Å². The van der Waals surface area contributed by atoms with E-state index in [-0.39, 0.29) is 5.54 Å². The van der Waals surface area contributed by atoms with Gasteiger partial charge in [-0.2, -0.15) is 0 Å². The van der Waals surface area contributed by atoms with E-state index >= 15 is 0 Å². The number of hydrogen-bond donors (Lipinski definition) is 1. The summed E-state index contributed by atoms with van der Waals surface area (Å²) < 4.78 is 5.54. The Labute approximate surface area is 90.1 Å². The number of ether oxygens (including phenoxy) is 1. The van der Waals surface area contributed by atoms with Crippen molar-refractivity contribution in [1.82, 2.24) is 0 Å². The molecule has 0 aliphatic rings. The second-order valence-electron chi connectivity index (χ2n) is 3.89. The lowest BCUT2D eigenvalue weighted by atomic mass is 10.0. The molecule has 2 N–H and O–H groups in total. The molecule has 14 heavy (non-hydrogen) atoms. The quantitative estimate of drug-likeness (QED) is 0.737. The lowest BCUT2D eigenvalue weighted by Gasteiger charge is -2.22. The van der Waals surface area contributed by atoms with Crippen LogP contribution in [-0.2, 0) is 11.2 Å². The molecular formula is C11H19NOS. The van der Waals surface area contributed by atoms with Gasteiger partial charge in [0.2, 0.25) is 0 Å². The van der Waals surface area contributed by atoms with Gasteiger partial charge in [0.1, 0.15) is 0 Å². The predicted octanol–water partition coefficient (Wildman–Crippen LogP) is 2.43. The first-order valence-corrected chi connectivity index (χ1v) is 5.91. The average molecular weight is 213 g/mol. The van der Waals surface area contributed by atoms with Crippen molar-refractivity contribution in [3.63, 3.8) is 0 Å². The highest BCUT2D eigenvalue weighted by Crippen LogP contribution is 2.10. The summed E-state index contributed by atoms with van der Waals surface area (Å²) in [6.45, 7) is 5.53. The highest BCUT2D eigenvalue weighted by Gasteiger charge is 2.14. The Balaban J connectivity index is 2.11. The first-order valence-electron chi connectivity index (χ1n) is 5.03. The fourth-order valence-corrected chi connectivity index (χ4v) is 1.73. The van der Waals surface area contributed by atoms with E-state index in [1.807, 2.05) is 6.92 Å². The predicted molar refractivity (Wildman–Crippen MR) is 61.7 cm³/mol. The number of hydrogen-bond acceptors (Lipinski definition) is 3. The second kappa shape index (κ2) is 5.49. The van der Waals surface area contributed by atoms with E-state index in [1.165, 1.54) is 4.88 Å². The molecule has 0 saturated heterocycles. The molecule has 2 nitrogen and oxygen atoms in total. The van der Waals surface area contributed by atoms with E-state index < -0.39 is 0 Å². The summed E-state index contributed by atoms with van der Waals surface area (Å²) in [4.78, 5) is 1.38. The summed E-state index contributed by atoms with van der Waals surface area (Å²) in [7, 11) is 0. The molecule has 3 heteroatoms. The summed E-state index contributed by atoms with van der Waals surface area (Å²) in [6.07, 6.45) is 1.95. The second-order valence-corrected chi connectivity index (χ2v) is 4.92. The van der Waals surface area contributed by atoms with Gasteiger partial charge in [-0.3, -0.25) is 0 Å². The Morgan fingerprint density at radius 1 is 1.57 bits per heavy atom. The lowest BCUT2D eigenvalue weighted by molar-refractivity contribution is 0.0922. The molecule has 1 aromatic heterocycles. The van der Waals surface area contributed by atoms with Crippen LogP contribution < -0.4 is 5.73 Å². The van der Waals surface area contributed by atoms with Crippen LogP contribution in [0.5, 0.6) is 0 Å². The topological polar surface area (TPSA) is 35.2 Å². The fourth-order valence-electron chi connectivity index (χ4n) is 1.03. The fraction of sp³-hybridized carbons (Fsp3) is 0.636. The van der Waals surface area contributed by atoms with Gasteiger partial charge in [-0.25, -0.2) is 0 Å². The third-order valence-electron chi connectivity index (χ3n) is 2.31. The molecule has 1 heterocycles. The van der Waals surface area contributed by atoms with Crippen molar-refractivity contribution in [2.45, 2.75) is 32.2 Å². The first kappa shape index (κ1) is 11.7. The molecule has 80 valence electrons. The lowest BCUT2D eigenvalue weighted by Crippen LogP contribution is -2.40. The molecule has 0 amide bonds. The molecule has 0 radical (unpaired) electrons. The molecule has 1 unspecified atom stereocenters. The number of nitrogens with two attached hydrogens (primary N) is 1. The van der Waals surface area contributed by atoms with Gasteiger partial charge in [0.25, 0.3) is 0 Å². The molecule has 0 aliphatic heterocycles. The highest BCUT2D eigenvalue weighted by molar-refractivity contribution is 7.09. The van der Waals surface area contributed by atoms with E-state index in [9.17, 15) is 0 Å². The summed E-state index contributed by atoms with van der Waals surface area (Å²) >= 11 is 1.78. The van der Waals surface area contributed by atoms with Crippen LogP contribution in [0.15, 0.2) is 17.5 Å². The largest absolute Gasteiger partial charge is 0.379 e. The molecule has 1 aromatic rings. The molecule has 0 aromatic carbocycles. The average Bonchev–Trinajstić information content (AvgIpc) is 2.65. The minimum atomic E-state index is -0.171. The molecule has 1 atom stereocenters. The van der Waals surface area contributed by atoms with Gasteiger partial charge < -0.3 is 10.5 Å². The van der Waals surface area contributed by atoms with Crippen LogP contribution in [-0.4, -0.2) is 18.8 Å². The maximum absolute atomic E-state index is 5.95. The zero-order valence-electron chi connectivity index (χ0n) is 8.95. The molecule has 1 rings (SSSR count). The summed E-state index contributed by atoms with van der Waals surface area (Å²) in [5.74, 6) is 0. The number of thiophene rings is 1. The van der Waals surface area contributed by atoms with Gasteiger partial charge >= 0.3 is 0 Å². The van der Waals surface area contributed by atoms with Crippen molar-refractivity contribution in [2.24, 2.45) is 5.73 Å². The van der Waals surface area contributed by atoms with Gasteiger partial charge in [0.15, 0.2) is 0 Å². The van der Waals surface area contributed by atoms with Crippen molar-refractivity contribution in [3.8, 4) is 0 Å². The molecule has 0 spiro atoms. The van der Waals surface area contributed by atoms with Gasteiger partial charge in [-0.05, 0) is 24.8 Å². The Morgan fingerprint density at radius 2 is 2.36 bits per heavy atom. The molecule has 0 fully saturated rings. The van der Waals surface area contributed by atoms with Crippen molar-refractivity contribution in [2.75, 3.05) is 13.2 Å². The van der Waals surface area contributed by atoms with E-state index in [2.05, 4.69) is 24.4 Å². The Kier molecular flexibility index (Phi) is 4.58. The summed E-state index contributed by atoms with van der Waals surface area (Å²) in [6, 6.07) is 4.20. The zero-order valence-corrected chi connectivity index (χ0v) is 9.77. The Morgan fingerprint density at radius 3 is 2.93 bits per heavy atom. The SMILES string of the molecule is CCC(C)(N)COCCc1cccs1. The van der Waals surface area contributed by atoms with Crippen LogP contribution in [0.1, 0.15) is 25.1 Å². The van der Waals surface area contributed by atoms with Crippen LogP contribution in [0, 0.1) is 0 Å². The van der Waals surface area contributed by atoms with Crippen LogP contribution in [0.2, 0.25) is 0 Å². The minimum absolute atomic E-state index is 0.171. The standard InChI is InChI=1S/C11H19NOS/c1-3-11(2,12)9-13-7-6-10-5-4-8-14-10/h4-5,8H,3,6-7,9,12H2,1-2H3. The third kappa shape index (κ3) is 4.22. The van der Waals surface area contributed by atoms with Gasteiger partial charge in [-0.15, -0.1) is 11.3 Å². The zero-order chi connectivity index (χ0) is 10.4. The molecule has 0 bridgehead atoms. The van der Waals surface area contributed by atoms with Crippen molar-refractivity contribution in [1.29, 1.82) is 0 Å². The smallest absolute Gasteiger partial charge is 0.0643 e. The van der Waals surface area contributed by atoms with Crippen molar-refractivity contribution in [3.05, 3.63) is 22.4 Å². The summed E-state index contributed by atoms with van der Waals surface area (Å²) in [5, 5.41) is 2.09. The van der Waals surface area contributed by atoms with E-state index in [4.69, 9.17) is 10.5 Å². The van der Waals surface area contributed by atoms with Gasteiger partial charge in [-0.1, -0.05) is 13.0 Å². The van der Waals surface area contributed by atoms with E-state index in [0.29, 0.717) is 6.61 Å². The first-order chi connectivity index (χ1) is 6.64. The van der Waals surface area contributed by atoms with E-state index in [1.54, 1.807) is 11.3 Å². The summed E-state index contributed by atoms with van der Waals surface area (Å²) in [5.41, 5.74) is 5.78. The van der Waals surface area contributed by atoms with Crippen LogP contribution in [0.25, 0.3) is 0 Å². The Hall–Kier alpha value is -0.380. The monoisotopic (exact) mass is 213 g/mol. The Bertz CT molecular complexity index is 244. The normalized spacial score (nSPS) is 15.4. The maximum atomic E-state index is 5.95. The molecule has 0 saturated carbocycles. The van der Waals surface area contributed by atoms with Crippen LogP contribution >= 0.6 is 11.3 Å².